The normalized spacial score (nSPS) is 12.4. The lowest BCUT2D eigenvalue weighted by Crippen LogP contribution is -2.12. The topological polar surface area (TPSA) is 338 Å². The molecule has 0 radical (unpaired) electrons. The van der Waals surface area contributed by atoms with Crippen LogP contribution >= 0.6 is 11.3 Å². The summed E-state index contributed by atoms with van der Waals surface area (Å²) in [5.74, 6) is -4.72. The van der Waals surface area contributed by atoms with Crippen LogP contribution in [0.4, 0.5) is 33.6 Å². The maximum absolute atomic E-state index is 12.8. The lowest BCUT2D eigenvalue weighted by atomic mass is 10.1. The Labute approximate surface area is 358 Å². The smallest absolute Gasteiger partial charge is 0.335 e. The Morgan fingerprint density at radius 3 is 2.13 bits per heavy atom. The van der Waals surface area contributed by atoms with Gasteiger partial charge in [-0.05, 0) is 73.2 Å². The van der Waals surface area contributed by atoms with E-state index in [1.807, 2.05) is 24.3 Å². The lowest BCUT2D eigenvalue weighted by molar-refractivity contribution is -0.136. The first-order valence-electron chi connectivity index (χ1n) is 17.8. The Kier molecular flexibility index (Phi) is 12.0. The Morgan fingerprint density at radius 2 is 1.44 bits per heavy atom. The summed E-state index contributed by atoms with van der Waals surface area (Å²) in [5, 5.41) is 69.6. The van der Waals surface area contributed by atoms with Crippen molar-refractivity contribution in [2.24, 2.45) is 30.7 Å². The van der Waals surface area contributed by atoms with Crippen LogP contribution in [-0.2, 0) is 31.5 Å². The van der Waals surface area contributed by atoms with E-state index in [4.69, 9.17) is 4.74 Å². The number of phenolic OH excluding ortho intramolecular Hbond substituents is 1. The van der Waals surface area contributed by atoms with Crippen molar-refractivity contribution in [2.45, 2.75) is 18.2 Å². The van der Waals surface area contributed by atoms with Crippen LogP contribution < -0.4 is 4.74 Å². The number of thiazole rings is 1. The number of aromatic hydroxyl groups is 2. The second-order valence-electron chi connectivity index (χ2n) is 13.2. The largest absolute Gasteiger partial charge is 0.505 e. The highest BCUT2D eigenvalue weighted by atomic mass is 32.2. The number of nitrogens with zero attached hydrogens (tertiary/aromatic N) is 9. The highest BCUT2D eigenvalue weighted by Crippen LogP contribution is 2.44. The molecule has 25 heteroatoms. The molecule has 0 saturated carbocycles. The SMILES string of the molecule is Cc1cc(N=Nc2ccc3c(S(=O)(=O)O)c(N=Nc4c(CC(=O)O)nn(-c5ccc(C(=O)O)cc5)c4O)ccc3c2O)c(OCCS(=O)(=O)O)cc1N=Nc1nc2ccccc2s1. The summed E-state index contributed by atoms with van der Waals surface area (Å²) < 4.78 is 75.4. The van der Waals surface area contributed by atoms with Gasteiger partial charge in [0, 0.05) is 16.8 Å². The van der Waals surface area contributed by atoms with Crippen molar-refractivity contribution >= 4 is 98.1 Å². The van der Waals surface area contributed by atoms with E-state index in [0.717, 1.165) is 21.0 Å². The van der Waals surface area contributed by atoms with Gasteiger partial charge in [-0.25, -0.2) is 9.78 Å². The van der Waals surface area contributed by atoms with E-state index in [9.17, 15) is 56.0 Å². The maximum Gasteiger partial charge on any atom is 0.335 e. The Hall–Kier alpha value is -7.58. The summed E-state index contributed by atoms with van der Waals surface area (Å²) in [7, 11) is -9.55. The molecule has 0 aliphatic rings. The number of aryl methyl sites for hydroxylation is 1. The number of carbonyl (C=O) groups is 2. The third-order valence-corrected chi connectivity index (χ3v) is 11.4. The monoisotopic (exact) mass is 915 g/mol. The standard InChI is InChI=1S/C38H29N9O13S3/c1-19-16-28(30(60-14-15-62(54,55)56)17-27(19)42-45-38-39-24-4-2-3-5-31(24)61-38)43-40-25-12-11-23-22(34(25)50)10-13-26(35(23)63(57,58)59)41-44-33-29(18-32(48)49)46-47(36(33)51)21-8-6-20(7-9-21)37(52)53/h2-13,16-17,50-51H,14-15,18H2,1H3,(H,48,49)(H,52,53)(H,54,55,56)(H,57,58,59). The molecule has 5 aromatic carbocycles. The number of hydrogen-bond acceptors (Lipinski definition) is 18. The number of aliphatic carboxylic acids is 1. The fourth-order valence-electron chi connectivity index (χ4n) is 5.94. The molecule has 2 aromatic heterocycles. The van der Waals surface area contributed by atoms with Gasteiger partial charge >= 0.3 is 11.9 Å². The van der Waals surface area contributed by atoms with Crippen LogP contribution in [0, 0.1) is 6.92 Å². The highest BCUT2D eigenvalue weighted by molar-refractivity contribution is 7.86. The van der Waals surface area contributed by atoms with Crippen molar-refractivity contribution in [1.82, 2.24) is 14.8 Å². The van der Waals surface area contributed by atoms with Gasteiger partial charge in [0.1, 0.15) is 45.8 Å². The molecule has 0 fully saturated rings. The van der Waals surface area contributed by atoms with Gasteiger partial charge in [-0.2, -0.15) is 26.6 Å². The summed E-state index contributed by atoms with van der Waals surface area (Å²) in [6.45, 7) is 1.18. The van der Waals surface area contributed by atoms with Crippen molar-refractivity contribution in [3.05, 3.63) is 102 Å². The minimum absolute atomic E-state index is 0.0294. The third kappa shape index (κ3) is 9.82. The van der Waals surface area contributed by atoms with E-state index in [1.54, 1.807) is 6.92 Å². The summed E-state index contributed by atoms with van der Waals surface area (Å²) in [4.78, 5) is 26.5. The molecule has 0 atom stereocenters. The minimum Gasteiger partial charge on any atom is -0.505 e. The quantitative estimate of drug-likeness (QED) is 0.0415. The Bertz CT molecular complexity index is 3260. The van der Waals surface area contributed by atoms with Crippen LogP contribution in [0.15, 0.2) is 121 Å². The van der Waals surface area contributed by atoms with E-state index in [1.165, 1.54) is 65.9 Å². The molecule has 0 amide bonds. The first kappa shape index (κ1) is 43.5. The van der Waals surface area contributed by atoms with Crippen molar-refractivity contribution in [2.75, 3.05) is 12.4 Å². The van der Waals surface area contributed by atoms with Gasteiger partial charge in [0.2, 0.25) is 11.0 Å². The predicted molar refractivity (Wildman–Crippen MR) is 224 cm³/mol. The number of phenols is 1. The highest BCUT2D eigenvalue weighted by Gasteiger charge is 2.25. The number of carboxylic acid groups (broad SMARTS) is 2. The molecule has 0 aliphatic carbocycles. The summed E-state index contributed by atoms with van der Waals surface area (Å²) in [6.07, 6.45) is -0.770. The van der Waals surface area contributed by atoms with E-state index in [-0.39, 0.29) is 44.8 Å². The van der Waals surface area contributed by atoms with Gasteiger partial charge in [-0.15, -0.1) is 30.7 Å². The van der Waals surface area contributed by atoms with Crippen LogP contribution in [0.5, 0.6) is 17.4 Å². The summed E-state index contributed by atoms with van der Waals surface area (Å²) in [6, 6.07) is 19.9. The van der Waals surface area contributed by atoms with Crippen molar-refractivity contribution in [1.29, 1.82) is 0 Å². The van der Waals surface area contributed by atoms with Crippen molar-refractivity contribution < 1.29 is 60.7 Å². The first-order valence-corrected chi connectivity index (χ1v) is 21.7. The molecule has 6 N–H and O–H groups in total. The molecule has 0 spiro atoms. The van der Waals surface area contributed by atoms with Crippen LogP contribution in [0.2, 0.25) is 0 Å². The zero-order valence-electron chi connectivity index (χ0n) is 32.0. The van der Waals surface area contributed by atoms with Gasteiger partial charge in [-0.1, -0.05) is 29.5 Å². The number of azo groups is 3. The summed E-state index contributed by atoms with van der Waals surface area (Å²) in [5.41, 5.74) is 0.119. The second-order valence-corrected chi connectivity index (χ2v) is 17.1. The fourth-order valence-corrected chi connectivity index (χ4v) is 7.85. The van der Waals surface area contributed by atoms with Crippen LogP contribution in [0.3, 0.4) is 0 Å². The average molecular weight is 916 g/mol. The van der Waals surface area contributed by atoms with E-state index >= 15 is 0 Å². The molecule has 63 heavy (non-hydrogen) atoms. The number of aromatic nitrogens is 3. The molecule has 322 valence electrons. The average Bonchev–Trinajstić information content (AvgIpc) is 3.78. The molecule has 0 bridgehead atoms. The third-order valence-electron chi connectivity index (χ3n) is 8.85. The zero-order valence-corrected chi connectivity index (χ0v) is 34.4. The van der Waals surface area contributed by atoms with Gasteiger partial charge < -0.3 is 25.2 Å². The number of fused-ring (bicyclic) bond motifs is 2. The molecule has 22 nitrogen and oxygen atoms in total. The number of rotatable bonds is 15. The van der Waals surface area contributed by atoms with Crippen molar-refractivity contribution in [3.8, 4) is 23.1 Å². The van der Waals surface area contributed by atoms with E-state index in [2.05, 4.69) is 40.8 Å². The number of carboxylic acids is 2. The van der Waals surface area contributed by atoms with Gasteiger partial charge in [-0.3, -0.25) is 13.9 Å². The molecular formula is C38H29N9O13S3. The molecular weight excluding hydrogens is 887 g/mol. The number of benzene rings is 5. The van der Waals surface area contributed by atoms with Crippen LogP contribution in [-0.4, -0.2) is 85.4 Å². The van der Waals surface area contributed by atoms with E-state index in [0.29, 0.717) is 16.4 Å². The van der Waals surface area contributed by atoms with Gasteiger partial charge in [0.25, 0.3) is 20.2 Å². The Morgan fingerprint density at radius 1 is 0.778 bits per heavy atom. The fraction of sp³-hybridized carbons (Fsp3) is 0.105. The molecule has 7 aromatic rings. The lowest BCUT2D eigenvalue weighted by Gasteiger charge is -2.11. The molecule has 0 unspecified atom stereocenters. The van der Waals surface area contributed by atoms with Crippen LogP contribution in [0.1, 0.15) is 21.6 Å². The molecule has 7 rings (SSSR count). The Balaban J connectivity index is 1.23. The van der Waals surface area contributed by atoms with Crippen LogP contribution in [0.25, 0.3) is 26.7 Å². The zero-order chi connectivity index (χ0) is 45.2. The maximum atomic E-state index is 12.8. The molecule has 0 aliphatic heterocycles. The number of para-hydroxylation sites is 1. The van der Waals surface area contributed by atoms with E-state index < -0.39 is 78.9 Å². The first-order chi connectivity index (χ1) is 29.9. The summed E-state index contributed by atoms with van der Waals surface area (Å²) >= 11 is 1.31. The molecule has 0 saturated heterocycles. The number of aromatic carboxylic acids is 1. The second kappa shape index (κ2) is 17.4. The van der Waals surface area contributed by atoms with Gasteiger partial charge in [0.15, 0.2) is 11.4 Å². The predicted octanol–water partition coefficient (Wildman–Crippen LogP) is 8.44. The molecule has 2 heterocycles. The number of ether oxygens (including phenoxy) is 1. The van der Waals surface area contributed by atoms with Gasteiger partial charge in [0.05, 0.1) is 33.6 Å². The van der Waals surface area contributed by atoms with Crippen molar-refractivity contribution in [3.63, 3.8) is 0 Å². The minimum atomic E-state index is -5.14. The number of hydrogen-bond donors (Lipinski definition) is 6.